The summed E-state index contributed by atoms with van der Waals surface area (Å²) >= 11 is 7.25. The molecule has 3 aromatic rings. The van der Waals surface area contributed by atoms with Gasteiger partial charge in [0.1, 0.15) is 5.82 Å². The van der Waals surface area contributed by atoms with Crippen molar-refractivity contribution >= 4 is 39.8 Å². The molecule has 1 atom stereocenters. The van der Waals surface area contributed by atoms with Crippen molar-refractivity contribution in [2.45, 2.75) is 38.6 Å². The van der Waals surface area contributed by atoms with E-state index >= 15 is 0 Å². The van der Waals surface area contributed by atoms with E-state index in [2.05, 4.69) is 10.3 Å². The lowest BCUT2D eigenvalue weighted by atomic mass is 10.0. The Morgan fingerprint density at radius 2 is 1.94 bits per heavy atom. The Balaban J connectivity index is 1.57. The standard InChI is InChI=1S/C24H23ClFN3O2S/c1-15-13-21(28-23(30)18-7-6-17(26)14-19(18)25)32-22(15)24(31)29-12-4-2-3-5-20(29)16-8-10-27-11-9-16/h6-11,13-14,20H,2-5,12H2,1H3,(H,28,30). The molecule has 4 rings (SSSR count). The summed E-state index contributed by atoms with van der Waals surface area (Å²) in [6.45, 7) is 2.56. The number of pyridine rings is 1. The van der Waals surface area contributed by atoms with Crippen LogP contribution >= 0.6 is 22.9 Å². The number of amides is 2. The molecule has 32 heavy (non-hydrogen) atoms. The number of hydrogen-bond donors (Lipinski definition) is 1. The monoisotopic (exact) mass is 471 g/mol. The molecule has 1 N–H and O–H groups in total. The fourth-order valence-corrected chi connectivity index (χ4v) is 5.30. The molecule has 1 aliphatic heterocycles. The zero-order valence-corrected chi connectivity index (χ0v) is 19.2. The number of rotatable bonds is 4. The van der Waals surface area contributed by atoms with Gasteiger partial charge in [-0.05, 0) is 67.3 Å². The highest BCUT2D eigenvalue weighted by molar-refractivity contribution is 7.18. The number of anilines is 1. The minimum Gasteiger partial charge on any atom is -0.331 e. The summed E-state index contributed by atoms with van der Waals surface area (Å²) in [5, 5.41) is 3.37. The van der Waals surface area contributed by atoms with Crippen molar-refractivity contribution in [2.24, 2.45) is 0 Å². The van der Waals surface area contributed by atoms with E-state index in [1.807, 2.05) is 24.0 Å². The highest BCUT2D eigenvalue weighted by Gasteiger charge is 2.29. The van der Waals surface area contributed by atoms with Gasteiger partial charge in [0.2, 0.25) is 0 Å². The molecule has 1 aromatic carbocycles. The van der Waals surface area contributed by atoms with Gasteiger partial charge in [-0.25, -0.2) is 4.39 Å². The van der Waals surface area contributed by atoms with E-state index < -0.39 is 11.7 Å². The van der Waals surface area contributed by atoms with Crippen molar-refractivity contribution in [2.75, 3.05) is 11.9 Å². The van der Waals surface area contributed by atoms with Crippen LogP contribution in [0.3, 0.4) is 0 Å². The molecule has 2 amide bonds. The molecule has 5 nitrogen and oxygen atoms in total. The number of carbonyl (C=O) groups excluding carboxylic acids is 2. The van der Waals surface area contributed by atoms with E-state index in [0.717, 1.165) is 42.9 Å². The first kappa shape index (κ1) is 22.4. The Hall–Kier alpha value is -2.77. The predicted molar refractivity (Wildman–Crippen MR) is 125 cm³/mol. The van der Waals surface area contributed by atoms with Gasteiger partial charge in [0.25, 0.3) is 11.8 Å². The Kier molecular flexibility index (Phi) is 6.86. The van der Waals surface area contributed by atoms with Gasteiger partial charge in [-0.1, -0.05) is 24.4 Å². The SMILES string of the molecule is Cc1cc(NC(=O)c2ccc(F)cc2Cl)sc1C(=O)N1CCCCCC1c1ccncc1. The van der Waals surface area contributed by atoms with Gasteiger partial charge in [-0.3, -0.25) is 14.6 Å². The van der Waals surface area contributed by atoms with Crippen molar-refractivity contribution in [1.82, 2.24) is 9.88 Å². The lowest BCUT2D eigenvalue weighted by Crippen LogP contribution is -2.34. The lowest BCUT2D eigenvalue weighted by molar-refractivity contribution is 0.0685. The molecule has 0 radical (unpaired) electrons. The zero-order chi connectivity index (χ0) is 22.7. The number of nitrogens with one attached hydrogen (secondary N) is 1. The van der Waals surface area contributed by atoms with Crippen LogP contribution in [0.25, 0.3) is 0 Å². The van der Waals surface area contributed by atoms with Crippen molar-refractivity contribution in [3.8, 4) is 0 Å². The van der Waals surface area contributed by atoms with E-state index in [0.29, 0.717) is 16.4 Å². The Morgan fingerprint density at radius 1 is 1.16 bits per heavy atom. The Labute approximate surface area is 195 Å². The average molecular weight is 472 g/mol. The minimum atomic E-state index is -0.507. The molecule has 0 aliphatic carbocycles. The smallest absolute Gasteiger partial charge is 0.264 e. The maximum atomic E-state index is 13.6. The van der Waals surface area contributed by atoms with Gasteiger partial charge < -0.3 is 10.2 Å². The number of nitrogens with zero attached hydrogens (tertiary/aromatic N) is 2. The first-order valence-corrected chi connectivity index (χ1v) is 11.7. The van der Waals surface area contributed by atoms with E-state index in [1.165, 1.54) is 23.5 Å². The number of hydrogen-bond acceptors (Lipinski definition) is 4. The summed E-state index contributed by atoms with van der Waals surface area (Å²) in [5.74, 6) is -0.983. The molecule has 1 unspecified atom stereocenters. The highest BCUT2D eigenvalue weighted by Crippen LogP contribution is 2.35. The number of carbonyl (C=O) groups is 2. The second-order valence-electron chi connectivity index (χ2n) is 7.85. The maximum absolute atomic E-state index is 13.6. The maximum Gasteiger partial charge on any atom is 0.264 e. The zero-order valence-electron chi connectivity index (χ0n) is 17.6. The molecular formula is C24H23ClFN3O2S. The first-order valence-electron chi connectivity index (χ1n) is 10.5. The molecular weight excluding hydrogens is 449 g/mol. The van der Waals surface area contributed by atoms with Crippen LogP contribution in [0.1, 0.15) is 62.9 Å². The second kappa shape index (κ2) is 9.79. The molecule has 0 spiro atoms. The number of benzene rings is 1. The van der Waals surface area contributed by atoms with Crippen LogP contribution in [-0.2, 0) is 0 Å². The third kappa shape index (κ3) is 4.84. The van der Waals surface area contributed by atoms with Crippen LogP contribution in [0.15, 0.2) is 48.8 Å². The highest BCUT2D eigenvalue weighted by atomic mass is 35.5. The molecule has 1 fully saturated rings. The Bertz CT molecular complexity index is 1140. The van der Waals surface area contributed by atoms with Crippen LogP contribution in [0, 0.1) is 12.7 Å². The Morgan fingerprint density at radius 3 is 2.69 bits per heavy atom. The molecule has 3 heterocycles. The third-order valence-electron chi connectivity index (χ3n) is 5.63. The average Bonchev–Trinajstić information content (AvgIpc) is 2.98. The van der Waals surface area contributed by atoms with E-state index in [1.54, 1.807) is 18.5 Å². The van der Waals surface area contributed by atoms with Crippen LogP contribution in [0.2, 0.25) is 5.02 Å². The fourth-order valence-electron chi connectivity index (χ4n) is 4.02. The van der Waals surface area contributed by atoms with E-state index in [4.69, 9.17) is 11.6 Å². The lowest BCUT2D eigenvalue weighted by Gasteiger charge is -2.30. The van der Waals surface area contributed by atoms with Crippen molar-refractivity contribution in [3.63, 3.8) is 0 Å². The molecule has 0 saturated carbocycles. The number of thiophene rings is 1. The third-order valence-corrected chi connectivity index (χ3v) is 7.08. The van der Waals surface area contributed by atoms with E-state index in [-0.39, 0.29) is 22.5 Å². The quantitative estimate of drug-likeness (QED) is 0.489. The predicted octanol–water partition coefficient (Wildman–Crippen LogP) is 6.25. The van der Waals surface area contributed by atoms with Gasteiger partial charge in [-0.15, -0.1) is 11.3 Å². The molecule has 0 bridgehead atoms. The van der Waals surface area contributed by atoms with Crippen LogP contribution in [0.5, 0.6) is 0 Å². The van der Waals surface area contributed by atoms with Gasteiger partial charge >= 0.3 is 0 Å². The molecule has 2 aromatic heterocycles. The van der Waals surface area contributed by atoms with Gasteiger partial charge in [0, 0.05) is 18.9 Å². The normalized spacial score (nSPS) is 16.5. The number of aromatic nitrogens is 1. The summed E-state index contributed by atoms with van der Waals surface area (Å²) in [5.41, 5.74) is 2.07. The topological polar surface area (TPSA) is 62.3 Å². The number of likely N-dealkylation sites (tertiary alicyclic amines) is 1. The molecule has 166 valence electrons. The van der Waals surface area contributed by atoms with Crippen LogP contribution in [0.4, 0.5) is 9.39 Å². The number of aryl methyl sites for hydroxylation is 1. The van der Waals surface area contributed by atoms with Gasteiger partial charge in [0.15, 0.2) is 0 Å². The summed E-state index contributed by atoms with van der Waals surface area (Å²) in [4.78, 5) is 32.8. The molecule has 1 aliphatic rings. The summed E-state index contributed by atoms with van der Waals surface area (Å²) in [6, 6.07) is 9.36. The first-order chi connectivity index (χ1) is 15.4. The van der Waals surface area contributed by atoms with Gasteiger partial charge in [-0.2, -0.15) is 0 Å². The van der Waals surface area contributed by atoms with Crippen molar-refractivity contribution < 1.29 is 14.0 Å². The second-order valence-corrected chi connectivity index (χ2v) is 9.30. The van der Waals surface area contributed by atoms with Crippen molar-refractivity contribution in [3.05, 3.63) is 81.2 Å². The largest absolute Gasteiger partial charge is 0.331 e. The van der Waals surface area contributed by atoms with Gasteiger partial charge in [0.05, 0.1) is 26.5 Å². The van der Waals surface area contributed by atoms with Crippen LogP contribution < -0.4 is 5.32 Å². The van der Waals surface area contributed by atoms with E-state index in [9.17, 15) is 14.0 Å². The van der Waals surface area contributed by atoms with Crippen LogP contribution in [-0.4, -0.2) is 28.2 Å². The molecule has 8 heteroatoms. The molecule has 1 saturated heterocycles. The number of halogens is 2. The fraction of sp³-hybridized carbons (Fsp3) is 0.292. The van der Waals surface area contributed by atoms with Crippen molar-refractivity contribution in [1.29, 1.82) is 0 Å². The summed E-state index contributed by atoms with van der Waals surface area (Å²) < 4.78 is 13.3. The minimum absolute atomic E-state index is 0.00515. The summed E-state index contributed by atoms with van der Waals surface area (Å²) in [7, 11) is 0. The summed E-state index contributed by atoms with van der Waals surface area (Å²) in [6.07, 6.45) is 7.55.